The number of hydrogen-bond acceptors (Lipinski definition) is 2. The van der Waals surface area contributed by atoms with E-state index in [0.29, 0.717) is 0 Å². The third-order valence-electron chi connectivity index (χ3n) is 4.50. The first-order chi connectivity index (χ1) is 11.1. The maximum Gasteiger partial charge on any atom is 0.0314 e. The second kappa shape index (κ2) is 6.17. The van der Waals surface area contributed by atoms with Gasteiger partial charge in [-0.1, -0.05) is 61.5 Å². The van der Waals surface area contributed by atoms with Crippen molar-refractivity contribution in [2.45, 2.75) is 18.8 Å². The van der Waals surface area contributed by atoms with Gasteiger partial charge in [0.05, 0.1) is 0 Å². The number of nitrogen functional groups attached to an aromatic ring is 2. The highest BCUT2D eigenvalue weighted by Gasteiger charge is 2.29. The lowest BCUT2D eigenvalue weighted by molar-refractivity contribution is 0.567. The molecule has 23 heavy (non-hydrogen) atoms. The largest absolute Gasteiger partial charge is 0.399 e. The van der Waals surface area contributed by atoms with E-state index in [1.165, 1.54) is 16.7 Å². The van der Waals surface area contributed by atoms with Crippen LogP contribution < -0.4 is 11.5 Å². The molecule has 0 unspecified atom stereocenters. The van der Waals surface area contributed by atoms with Crippen molar-refractivity contribution in [2.75, 3.05) is 11.5 Å². The molecule has 0 spiro atoms. The standard InChI is InChI=1S/C21H22N2/c1-21(15-16-5-3-2-4-6-16,17-7-11-19(22)12-8-17)18-9-13-20(23)14-10-18/h2-14H,15,22-23H2,1H3. The summed E-state index contributed by atoms with van der Waals surface area (Å²) < 4.78 is 0. The van der Waals surface area contributed by atoms with Crippen LogP contribution in [0.2, 0.25) is 0 Å². The summed E-state index contributed by atoms with van der Waals surface area (Å²) >= 11 is 0. The molecule has 0 bridgehead atoms. The van der Waals surface area contributed by atoms with E-state index in [0.717, 1.165) is 17.8 Å². The minimum atomic E-state index is -0.136. The van der Waals surface area contributed by atoms with Crippen LogP contribution in [0.1, 0.15) is 23.6 Å². The summed E-state index contributed by atoms with van der Waals surface area (Å²) in [6, 6.07) is 26.9. The quantitative estimate of drug-likeness (QED) is 0.702. The van der Waals surface area contributed by atoms with E-state index in [4.69, 9.17) is 11.5 Å². The van der Waals surface area contributed by atoms with E-state index < -0.39 is 0 Å². The number of hydrogen-bond donors (Lipinski definition) is 2. The zero-order chi connectivity index (χ0) is 16.3. The highest BCUT2D eigenvalue weighted by Crippen LogP contribution is 2.36. The normalized spacial score (nSPS) is 11.3. The Bertz CT molecular complexity index is 714. The van der Waals surface area contributed by atoms with Gasteiger partial charge in [-0.05, 0) is 47.4 Å². The molecule has 0 saturated carbocycles. The first-order valence-electron chi connectivity index (χ1n) is 7.84. The molecule has 3 aromatic carbocycles. The van der Waals surface area contributed by atoms with Crippen molar-refractivity contribution in [3.05, 3.63) is 95.6 Å². The molecule has 3 rings (SSSR count). The van der Waals surface area contributed by atoms with Crippen LogP contribution in [0.5, 0.6) is 0 Å². The molecule has 116 valence electrons. The summed E-state index contributed by atoms with van der Waals surface area (Å²) in [5.74, 6) is 0. The number of nitrogens with two attached hydrogens (primary N) is 2. The second-order valence-electron chi connectivity index (χ2n) is 6.24. The molecule has 0 saturated heterocycles. The maximum absolute atomic E-state index is 5.86. The lowest BCUT2D eigenvalue weighted by Crippen LogP contribution is -2.26. The SMILES string of the molecule is CC(Cc1ccccc1)(c1ccc(N)cc1)c1ccc(N)cc1. The monoisotopic (exact) mass is 302 g/mol. The number of rotatable bonds is 4. The van der Waals surface area contributed by atoms with Crippen molar-refractivity contribution >= 4 is 11.4 Å². The summed E-state index contributed by atoms with van der Waals surface area (Å²) in [5, 5.41) is 0. The fourth-order valence-corrected chi connectivity index (χ4v) is 3.08. The molecule has 4 N–H and O–H groups in total. The summed E-state index contributed by atoms with van der Waals surface area (Å²) in [6.07, 6.45) is 0.918. The van der Waals surface area contributed by atoms with Crippen LogP contribution in [0.25, 0.3) is 0 Å². The Hall–Kier alpha value is -2.74. The number of benzene rings is 3. The molecule has 0 aliphatic heterocycles. The van der Waals surface area contributed by atoms with E-state index in [2.05, 4.69) is 55.5 Å². The van der Waals surface area contributed by atoms with Crippen molar-refractivity contribution in [3.63, 3.8) is 0 Å². The third-order valence-corrected chi connectivity index (χ3v) is 4.50. The van der Waals surface area contributed by atoms with Crippen molar-refractivity contribution in [3.8, 4) is 0 Å². The van der Waals surface area contributed by atoms with Gasteiger partial charge in [-0.25, -0.2) is 0 Å². The summed E-state index contributed by atoms with van der Waals surface area (Å²) in [4.78, 5) is 0. The zero-order valence-electron chi connectivity index (χ0n) is 13.4. The van der Waals surface area contributed by atoms with Crippen LogP contribution in [-0.2, 0) is 11.8 Å². The zero-order valence-corrected chi connectivity index (χ0v) is 13.4. The molecule has 0 aromatic heterocycles. The van der Waals surface area contributed by atoms with E-state index in [1.807, 2.05) is 30.3 Å². The van der Waals surface area contributed by atoms with Gasteiger partial charge in [0.25, 0.3) is 0 Å². The highest BCUT2D eigenvalue weighted by molar-refractivity contribution is 5.49. The molecule has 0 aliphatic rings. The molecule has 2 heteroatoms. The lowest BCUT2D eigenvalue weighted by Gasteiger charge is -2.31. The van der Waals surface area contributed by atoms with Gasteiger partial charge in [0, 0.05) is 16.8 Å². The van der Waals surface area contributed by atoms with Gasteiger partial charge in [-0.3, -0.25) is 0 Å². The molecule has 0 atom stereocenters. The predicted octanol–water partition coefficient (Wildman–Crippen LogP) is 4.40. The van der Waals surface area contributed by atoms with Gasteiger partial charge in [-0.2, -0.15) is 0 Å². The van der Waals surface area contributed by atoms with E-state index in [-0.39, 0.29) is 5.41 Å². The Morgan fingerprint density at radius 2 is 1.09 bits per heavy atom. The van der Waals surface area contributed by atoms with Gasteiger partial charge in [0.15, 0.2) is 0 Å². The fourth-order valence-electron chi connectivity index (χ4n) is 3.08. The average molecular weight is 302 g/mol. The Morgan fingerprint density at radius 1 is 0.652 bits per heavy atom. The van der Waals surface area contributed by atoms with Crippen molar-refractivity contribution in [1.29, 1.82) is 0 Å². The summed E-state index contributed by atoms with van der Waals surface area (Å²) in [5.41, 5.74) is 17.0. The molecule has 0 amide bonds. The lowest BCUT2D eigenvalue weighted by atomic mass is 9.72. The molecular weight excluding hydrogens is 280 g/mol. The fraction of sp³-hybridized carbons (Fsp3) is 0.143. The Morgan fingerprint density at radius 3 is 1.52 bits per heavy atom. The van der Waals surface area contributed by atoms with Crippen LogP contribution in [0.3, 0.4) is 0 Å². The van der Waals surface area contributed by atoms with Crippen molar-refractivity contribution in [2.24, 2.45) is 0 Å². The Balaban J connectivity index is 2.08. The van der Waals surface area contributed by atoms with Crippen molar-refractivity contribution < 1.29 is 0 Å². The first-order valence-corrected chi connectivity index (χ1v) is 7.84. The average Bonchev–Trinajstić information content (AvgIpc) is 2.57. The molecule has 0 heterocycles. The minimum absolute atomic E-state index is 0.136. The Labute approximate surface area is 137 Å². The topological polar surface area (TPSA) is 52.0 Å². The minimum Gasteiger partial charge on any atom is -0.399 e. The van der Waals surface area contributed by atoms with E-state index in [9.17, 15) is 0 Å². The summed E-state index contributed by atoms with van der Waals surface area (Å²) in [7, 11) is 0. The maximum atomic E-state index is 5.86. The van der Waals surface area contributed by atoms with Crippen molar-refractivity contribution in [1.82, 2.24) is 0 Å². The molecule has 3 aromatic rings. The predicted molar refractivity (Wildman–Crippen MR) is 98.3 cm³/mol. The van der Waals surface area contributed by atoms with Gasteiger partial charge < -0.3 is 11.5 Å². The molecular formula is C21H22N2. The molecule has 2 nitrogen and oxygen atoms in total. The molecule has 0 aliphatic carbocycles. The van der Waals surface area contributed by atoms with E-state index >= 15 is 0 Å². The Kier molecular flexibility index (Phi) is 4.07. The smallest absolute Gasteiger partial charge is 0.0314 e. The summed E-state index contributed by atoms with van der Waals surface area (Å²) in [6.45, 7) is 2.27. The first kappa shape index (κ1) is 15.2. The van der Waals surface area contributed by atoms with Gasteiger partial charge in [0.2, 0.25) is 0 Å². The van der Waals surface area contributed by atoms with Crippen LogP contribution in [0.15, 0.2) is 78.9 Å². The molecule has 0 fully saturated rings. The van der Waals surface area contributed by atoms with Crippen LogP contribution >= 0.6 is 0 Å². The number of anilines is 2. The van der Waals surface area contributed by atoms with Gasteiger partial charge >= 0.3 is 0 Å². The van der Waals surface area contributed by atoms with Gasteiger partial charge in [-0.15, -0.1) is 0 Å². The van der Waals surface area contributed by atoms with Gasteiger partial charge in [0.1, 0.15) is 0 Å². The highest BCUT2D eigenvalue weighted by atomic mass is 14.5. The third kappa shape index (κ3) is 3.21. The molecule has 0 radical (unpaired) electrons. The van der Waals surface area contributed by atoms with Crippen LogP contribution in [0, 0.1) is 0 Å². The van der Waals surface area contributed by atoms with Crippen LogP contribution in [0.4, 0.5) is 11.4 Å². The second-order valence-corrected chi connectivity index (χ2v) is 6.24. The van der Waals surface area contributed by atoms with E-state index in [1.54, 1.807) is 0 Å². The van der Waals surface area contributed by atoms with Crippen LogP contribution in [-0.4, -0.2) is 0 Å².